The van der Waals surface area contributed by atoms with E-state index in [1.165, 1.54) is 4.40 Å². The third-order valence-corrected chi connectivity index (χ3v) is 2.99. The van der Waals surface area contributed by atoms with Gasteiger partial charge in [0, 0.05) is 12.4 Å². The first-order valence-electron chi connectivity index (χ1n) is 5.90. The summed E-state index contributed by atoms with van der Waals surface area (Å²) in [6.07, 6.45) is 3.32. The van der Waals surface area contributed by atoms with Crippen molar-refractivity contribution < 1.29 is 4.74 Å². The fraction of sp³-hybridized carbons (Fsp3) is 0.0667. The second-order valence-electron chi connectivity index (χ2n) is 4.14. The minimum atomic E-state index is -0.0844. The van der Waals surface area contributed by atoms with E-state index in [0.29, 0.717) is 11.2 Å². The van der Waals surface area contributed by atoms with Crippen LogP contribution in [0.2, 0.25) is 0 Å². The normalized spacial score (nSPS) is 10.6. The number of methoxy groups -OCH3 is 1. The van der Waals surface area contributed by atoms with Crippen LogP contribution in [0.4, 0.5) is 0 Å². The van der Waals surface area contributed by atoms with Crippen LogP contribution in [0.25, 0.3) is 16.8 Å². The van der Waals surface area contributed by atoms with Crippen molar-refractivity contribution in [1.29, 1.82) is 0 Å². The van der Waals surface area contributed by atoms with Crippen LogP contribution in [-0.2, 0) is 0 Å². The van der Waals surface area contributed by atoms with Crippen molar-refractivity contribution in [2.45, 2.75) is 0 Å². The molecular formula is C15H12N2O2. The minimum absolute atomic E-state index is 0.0844. The predicted molar refractivity (Wildman–Crippen MR) is 73.5 cm³/mol. The van der Waals surface area contributed by atoms with Gasteiger partial charge < -0.3 is 4.74 Å². The maximum Gasteiger partial charge on any atom is 0.265 e. The summed E-state index contributed by atoms with van der Waals surface area (Å²) in [5, 5.41) is 0. The molecule has 3 rings (SSSR count). The second-order valence-corrected chi connectivity index (χ2v) is 4.14. The van der Waals surface area contributed by atoms with Gasteiger partial charge in [0.2, 0.25) is 0 Å². The van der Waals surface area contributed by atoms with Gasteiger partial charge in [0.1, 0.15) is 11.4 Å². The first-order chi connectivity index (χ1) is 9.29. The van der Waals surface area contributed by atoms with E-state index in [2.05, 4.69) is 4.98 Å². The van der Waals surface area contributed by atoms with Gasteiger partial charge in [-0.25, -0.2) is 4.98 Å². The van der Waals surface area contributed by atoms with Gasteiger partial charge in [-0.2, -0.15) is 0 Å². The fourth-order valence-corrected chi connectivity index (χ4v) is 2.02. The van der Waals surface area contributed by atoms with Crippen LogP contribution in [0.15, 0.2) is 59.7 Å². The molecule has 94 valence electrons. The van der Waals surface area contributed by atoms with E-state index in [4.69, 9.17) is 4.74 Å². The van der Waals surface area contributed by atoms with Crippen molar-refractivity contribution in [1.82, 2.24) is 9.38 Å². The highest BCUT2D eigenvalue weighted by atomic mass is 16.5. The van der Waals surface area contributed by atoms with Crippen LogP contribution < -0.4 is 10.3 Å². The number of ether oxygens (including phenoxy) is 1. The van der Waals surface area contributed by atoms with Crippen LogP contribution in [0.3, 0.4) is 0 Å². The maximum atomic E-state index is 12.4. The van der Waals surface area contributed by atoms with Gasteiger partial charge >= 0.3 is 0 Å². The van der Waals surface area contributed by atoms with Crippen LogP contribution in [0.1, 0.15) is 0 Å². The van der Waals surface area contributed by atoms with Crippen molar-refractivity contribution in [2.75, 3.05) is 7.11 Å². The lowest BCUT2D eigenvalue weighted by molar-refractivity contribution is 0.415. The molecule has 0 unspecified atom stereocenters. The summed E-state index contributed by atoms with van der Waals surface area (Å²) in [6.45, 7) is 0. The average Bonchev–Trinajstić information content (AvgIpc) is 2.48. The summed E-state index contributed by atoms with van der Waals surface area (Å²) < 4.78 is 6.71. The second kappa shape index (κ2) is 4.57. The van der Waals surface area contributed by atoms with Gasteiger partial charge in [-0.1, -0.05) is 18.2 Å². The molecule has 0 atom stereocenters. The molecule has 0 radical (unpaired) electrons. The van der Waals surface area contributed by atoms with Gasteiger partial charge in [0.25, 0.3) is 5.56 Å². The highest BCUT2D eigenvalue weighted by molar-refractivity contribution is 5.64. The smallest absolute Gasteiger partial charge is 0.265 e. The standard InChI is InChI=1S/C15H12N2O2/c1-19-12-6-4-5-11(9-12)13-10-16-14-7-2-3-8-17(14)15(13)18/h2-10H,1H3. The molecule has 3 aromatic rings. The molecule has 0 spiro atoms. The maximum absolute atomic E-state index is 12.4. The molecule has 0 aliphatic rings. The molecule has 4 heteroatoms. The topological polar surface area (TPSA) is 43.6 Å². The molecule has 2 aromatic heterocycles. The Morgan fingerprint density at radius 2 is 2.05 bits per heavy atom. The van der Waals surface area contributed by atoms with Crippen LogP contribution in [-0.4, -0.2) is 16.5 Å². The van der Waals surface area contributed by atoms with E-state index < -0.39 is 0 Å². The molecule has 0 bridgehead atoms. The van der Waals surface area contributed by atoms with Crippen molar-refractivity contribution in [3.8, 4) is 16.9 Å². The first-order valence-corrected chi connectivity index (χ1v) is 5.90. The first kappa shape index (κ1) is 11.5. The highest BCUT2D eigenvalue weighted by Crippen LogP contribution is 2.20. The highest BCUT2D eigenvalue weighted by Gasteiger charge is 2.07. The lowest BCUT2D eigenvalue weighted by Crippen LogP contribution is -2.16. The zero-order chi connectivity index (χ0) is 13.2. The van der Waals surface area contributed by atoms with Gasteiger partial charge in [-0.05, 0) is 29.8 Å². The molecule has 0 aliphatic carbocycles. The molecule has 1 aromatic carbocycles. The molecule has 0 N–H and O–H groups in total. The summed E-state index contributed by atoms with van der Waals surface area (Å²) in [5.41, 5.74) is 1.91. The van der Waals surface area contributed by atoms with E-state index in [-0.39, 0.29) is 5.56 Å². The number of nitrogens with zero attached hydrogens (tertiary/aromatic N) is 2. The Morgan fingerprint density at radius 3 is 2.89 bits per heavy atom. The Bertz CT molecular complexity index is 793. The number of rotatable bonds is 2. The number of hydrogen-bond donors (Lipinski definition) is 0. The Kier molecular flexibility index (Phi) is 2.76. The Labute approximate surface area is 109 Å². The van der Waals surface area contributed by atoms with Crippen LogP contribution in [0.5, 0.6) is 5.75 Å². The summed E-state index contributed by atoms with van der Waals surface area (Å²) >= 11 is 0. The van der Waals surface area contributed by atoms with Crippen molar-refractivity contribution in [3.63, 3.8) is 0 Å². The SMILES string of the molecule is COc1cccc(-c2cnc3ccccn3c2=O)c1. The molecule has 19 heavy (non-hydrogen) atoms. The van der Waals surface area contributed by atoms with Gasteiger partial charge in [-0.3, -0.25) is 9.20 Å². The number of hydrogen-bond acceptors (Lipinski definition) is 3. The molecule has 0 amide bonds. The summed E-state index contributed by atoms with van der Waals surface area (Å²) in [6, 6.07) is 12.9. The summed E-state index contributed by atoms with van der Waals surface area (Å²) in [4.78, 5) is 16.7. The summed E-state index contributed by atoms with van der Waals surface area (Å²) in [7, 11) is 1.60. The van der Waals surface area contributed by atoms with E-state index in [1.54, 1.807) is 25.6 Å². The summed E-state index contributed by atoms with van der Waals surface area (Å²) in [5.74, 6) is 0.718. The molecule has 0 saturated heterocycles. The lowest BCUT2D eigenvalue weighted by atomic mass is 10.1. The quantitative estimate of drug-likeness (QED) is 0.703. The van der Waals surface area contributed by atoms with Gasteiger partial charge in [-0.15, -0.1) is 0 Å². The molecule has 0 saturated carbocycles. The third-order valence-electron chi connectivity index (χ3n) is 2.99. The number of fused-ring (bicyclic) bond motifs is 1. The van der Waals surface area contributed by atoms with Crippen molar-refractivity contribution >= 4 is 5.65 Å². The van der Waals surface area contributed by atoms with Crippen molar-refractivity contribution in [2.24, 2.45) is 0 Å². The molecule has 0 fully saturated rings. The Hall–Kier alpha value is -2.62. The number of pyridine rings is 1. The minimum Gasteiger partial charge on any atom is -0.497 e. The zero-order valence-electron chi connectivity index (χ0n) is 10.4. The van der Waals surface area contributed by atoms with E-state index in [1.807, 2.05) is 36.4 Å². The molecule has 2 heterocycles. The van der Waals surface area contributed by atoms with E-state index >= 15 is 0 Å². The fourth-order valence-electron chi connectivity index (χ4n) is 2.02. The number of benzene rings is 1. The average molecular weight is 252 g/mol. The Balaban J connectivity index is 2.25. The largest absolute Gasteiger partial charge is 0.497 e. The molecule has 0 aliphatic heterocycles. The van der Waals surface area contributed by atoms with Gasteiger partial charge in [0.15, 0.2) is 0 Å². The number of aromatic nitrogens is 2. The van der Waals surface area contributed by atoms with Crippen molar-refractivity contribution in [3.05, 3.63) is 65.2 Å². The zero-order valence-corrected chi connectivity index (χ0v) is 10.4. The Morgan fingerprint density at radius 1 is 1.16 bits per heavy atom. The lowest BCUT2D eigenvalue weighted by Gasteiger charge is -2.05. The molecular weight excluding hydrogens is 240 g/mol. The van der Waals surface area contributed by atoms with E-state index in [9.17, 15) is 4.79 Å². The van der Waals surface area contributed by atoms with E-state index in [0.717, 1.165) is 11.3 Å². The monoisotopic (exact) mass is 252 g/mol. The predicted octanol–water partition coefficient (Wildman–Crippen LogP) is 2.37. The van der Waals surface area contributed by atoms with Crippen LogP contribution in [0, 0.1) is 0 Å². The third kappa shape index (κ3) is 1.97. The molecule has 4 nitrogen and oxygen atoms in total. The van der Waals surface area contributed by atoms with Gasteiger partial charge in [0.05, 0.1) is 12.7 Å². The van der Waals surface area contributed by atoms with Crippen LogP contribution >= 0.6 is 0 Å².